The van der Waals surface area contributed by atoms with Gasteiger partial charge in [-0.05, 0) is 39.1 Å². The van der Waals surface area contributed by atoms with E-state index >= 15 is 0 Å². The van der Waals surface area contributed by atoms with Crippen LogP contribution in [0, 0.1) is 0 Å². The molecule has 2 unspecified atom stereocenters. The number of benzene rings is 4. The fourth-order valence-electron chi connectivity index (χ4n) is 3.79. The summed E-state index contributed by atoms with van der Waals surface area (Å²) in [6, 6.07) is 34.2. The molecule has 0 N–H and O–H groups in total. The molecule has 0 aromatic heterocycles. The Labute approximate surface area is 147 Å². The smallest absolute Gasteiger partial charge is 0.109 e. The van der Waals surface area contributed by atoms with Gasteiger partial charge in [0, 0.05) is 0 Å². The highest BCUT2D eigenvalue weighted by molar-refractivity contribution is 5.83. The number of rotatable bonds is 2. The lowest BCUT2D eigenvalue weighted by Gasteiger charge is -2.16. The maximum absolute atomic E-state index is 6.55. The summed E-state index contributed by atoms with van der Waals surface area (Å²) in [6.07, 6.45) is -0.0279. The van der Waals surface area contributed by atoms with Crippen molar-refractivity contribution in [3.8, 4) is 0 Å². The van der Waals surface area contributed by atoms with Crippen molar-refractivity contribution in [2.45, 2.75) is 12.2 Å². The van der Waals surface area contributed by atoms with Gasteiger partial charge in [0.2, 0.25) is 0 Å². The summed E-state index contributed by atoms with van der Waals surface area (Å²) in [5.74, 6) is 0. The first kappa shape index (κ1) is 14.4. The topological polar surface area (TPSA) is 9.23 Å². The summed E-state index contributed by atoms with van der Waals surface area (Å²) in [5.41, 5.74) is 4.96. The van der Waals surface area contributed by atoms with Crippen LogP contribution < -0.4 is 0 Å². The monoisotopic (exact) mass is 322 g/mol. The van der Waals surface area contributed by atoms with Crippen LogP contribution in [-0.4, -0.2) is 0 Å². The SMILES string of the molecule is c1ccc(C2OC(c3ccc4ccccc4c3)c3ccccc32)cc1. The van der Waals surface area contributed by atoms with Crippen LogP contribution in [0.4, 0.5) is 0 Å². The predicted octanol–water partition coefficient (Wildman–Crippen LogP) is 6.05. The van der Waals surface area contributed by atoms with E-state index in [1.165, 1.54) is 33.0 Å². The van der Waals surface area contributed by atoms with Crippen LogP contribution in [0.25, 0.3) is 10.8 Å². The molecule has 1 heterocycles. The molecule has 1 aliphatic rings. The van der Waals surface area contributed by atoms with Crippen LogP contribution in [0.1, 0.15) is 34.5 Å². The summed E-state index contributed by atoms with van der Waals surface area (Å²) >= 11 is 0. The zero-order chi connectivity index (χ0) is 16.6. The third kappa shape index (κ3) is 2.45. The van der Waals surface area contributed by atoms with Crippen LogP contribution >= 0.6 is 0 Å². The van der Waals surface area contributed by atoms with Crippen molar-refractivity contribution < 1.29 is 4.74 Å². The van der Waals surface area contributed by atoms with Crippen molar-refractivity contribution in [2.24, 2.45) is 0 Å². The Morgan fingerprint density at radius 3 is 1.84 bits per heavy atom. The lowest BCUT2D eigenvalue weighted by molar-refractivity contribution is 0.0583. The quantitative estimate of drug-likeness (QED) is 0.436. The first-order valence-corrected chi connectivity index (χ1v) is 8.68. The molecule has 25 heavy (non-hydrogen) atoms. The Balaban J connectivity index is 1.62. The lowest BCUT2D eigenvalue weighted by atomic mass is 9.94. The van der Waals surface area contributed by atoms with E-state index in [0.29, 0.717) is 0 Å². The van der Waals surface area contributed by atoms with Gasteiger partial charge in [-0.25, -0.2) is 0 Å². The first-order valence-electron chi connectivity index (χ1n) is 8.68. The van der Waals surface area contributed by atoms with Gasteiger partial charge in [-0.3, -0.25) is 0 Å². The summed E-state index contributed by atoms with van der Waals surface area (Å²) in [7, 11) is 0. The van der Waals surface area contributed by atoms with Gasteiger partial charge < -0.3 is 4.74 Å². The minimum Gasteiger partial charge on any atom is -0.356 e. The van der Waals surface area contributed by atoms with Gasteiger partial charge in [0.25, 0.3) is 0 Å². The van der Waals surface area contributed by atoms with E-state index in [4.69, 9.17) is 4.74 Å². The van der Waals surface area contributed by atoms with Crippen molar-refractivity contribution in [3.63, 3.8) is 0 Å². The predicted molar refractivity (Wildman–Crippen MR) is 102 cm³/mol. The molecule has 1 nitrogen and oxygen atoms in total. The molecule has 0 amide bonds. The molecule has 5 rings (SSSR count). The normalized spacial score (nSPS) is 19.0. The lowest BCUT2D eigenvalue weighted by Crippen LogP contribution is -2.02. The summed E-state index contributed by atoms with van der Waals surface area (Å²) in [4.78, 5) is 0. The highest BCUT2D eigenvalue weighted by Gasteiger charge is 2.33. The second-order valence-electron chi connectivity index (χ2n) is 6.54. The van der Waals surface area contributed by atoms with Crippen LogP contribution in [0.15, 0.2) is 97.1 Å². The van der Waals surface area contributed by atoms with Crippen LogP contribution in [0.5, 0.6) is 0 Å². The van der Waals surface area contributed by atoms with Crippen molar-refractivity contribution >= 4 is 10.8 Å². The Bertz CT molecular complexity index is 1040. The average Bonchev–Trinajstić information content (AvgIpc) is 3.08. The molecule has 120 valence electrons. The number of ether oxygens (including phenoxy) is 1. The molecule has 0 saturated carbocycles. The third-order valence-electron chi connectivity index (χ3n) is 5.01. The molecular weight excluding hydrogens is 304 g/mol. The van der Waals surface area contributed by atoms with E-state index in [0.717, 1.165) is 0 Å². The van der Waals surface area contributed by atoms with Gasteiger partial charge in [-0.15, -0.1) is 0 Å². The summed E-state index contributed by atoms with van der Waals surface area (Å²) in [6.45, 7) is 0. The van der Waals surface area contributed by atoms with Gasteiger partial charge in [0.15, 0.2) is 0 Å². The van der Waals surface area contributed by atoms with Crippen molar-refractivity contribution in [1.29, 1.82) is 0 Å². The minimum absolute atomic E-state index is 0.00568. The second-order valence-corrected chi connectivity index (χ2v) is 6.54. The Morgan fingerprint density at radius 2 is 1.08 bits per heavy atom. The molecule has 0 aliphatic carbocycles. The van der Waals surface area contributed by atoms with Crippen LogP contribution in [0.2, 0.25) is 0 Å². The number of hydrogen-bond donors (Lipinski definition) is 0. The van der Waals surface area contributed by atoms with Gasteiger partial charge >= 0.3 is 0 Å². The third-order valence-corrected chi connectivity index (χ3v) is 5.01. The van der Waals surface area contributed by atoms with E-state index in [2.05, 4.69) is 91.0 Å². The zero-order valence-electron chi connectivity index (χ0n) is 13.8. The molecule has 0 radical (unpaired) electrons. The molecule has 4 aromatic rings. The molecule has 1 aliphatic heterocycles. The second kappa shape index (κ2) is 5.87. The minimum atomic E-state index is -0.0222. The van der Waals surface area contributed by atoms with Gasteiger partial charge in [0.05, 0.1) is 0 Å². The van der Waals surface area contributed by atoms with Crippen molar-refractivity contribution in [3.05, 3.63) is 119 Å². The largest absolute Gasteiger partial charge is 0.356 e. The Kier molecular flexibility index (Phi) is 3.39. The fourth-order valence-corrected chi connectivity index (χ4v) is 3.79. The highest BCUT2D eigenvalue weighted by atomic mass is 16.5. The maximum atomic E-state index is 6.55. The van der Waals surface area contributed by atoms with E-state index in [1.54, 1.807) is 0 Å². The van der Waals surface area contributed by atoms with E-state index in [-0.39, 0.29) is 12.2 Å². The molecule has 4 aromatic carbocycles. The molecule has 0 bridgehead atoms. The zero-order valence-corrected chi connectivity index (χ0v) is 13.8. The summed E-state index contributed by atoms with van der Waals surface area (Å²) < 4.78 is 6.55. The Morgan fingerprint density at radius 1 is 0.480 bits per heavy atom. The van der Waals surface area contributed by atoms with Crippen molar-refractivity contribution in [1.82, 2.24) is 0 Å². The summed E-state index contributed by atoms with van der Waals surface area (Å²) in [5, 5.41) is 2.52. The highest BCUT2D eigenvalue weighted by Crippen LogP contribution is 2.45. The van der Waals surface area contributed by atoms with Crippen LogP contribution in [-0.2, 0) is 4.74 Å². The molecule has 0 spiro atoms. The Hall–Kier alpha value is -2.90. The molecule has 1 heteroatoms. The van der Waals surface area contributed by atoms with E-state index < -0.39 is 0 Å². The first-order chi connectivity index (χ1) is 12.4. The van der Waals surface area contributed by atoms with Crippen LogP contribution in [0.3, 0.4) is 0 Å². The molecular formula is C24H18O. The van der Waals surface area contributed by atoms with E-state index in [9.17, 15) is 0 Å². The number of fused-ring (bicyclic) bond motifs is 2. The van der Waals surface area contributed by atoms with Crippen molar-refractivity contribution in [2.75, 3.05) is 0 Å². The van der Waals surface area contributed by atoms with Gasteiger partial charge in [0.1, 0.15) is 12.2 Å². The number of hydrogen-bond acceptors (Lipinski definition) is 1. The molecule has 0 saturated heterocycles. The maximum Gasteiger partial charge on any atom is 0.109 e. The van der Waals surface area contributed by atoms with Gasteiger partial charge in [-0.1, -0.05) is 91.0 Å². The van der Waals surface area contributed by atoms with Gasteiger partial charge in [-0.2, -0.15) is 0 Å². The standard InChI is InChI=1S/C24H18O/c1-2-9-18(10-3-1)23-21-12-6-7-13-22(21)24(25-23)20-15-14-17-8-4-5-11-19(17)16-20/h1-16,23-24H. The molecule has 0 fully saturated rings. The average molecular weight is 322 g/mol. The van der Waals surface area contributed by atoms with E-state index in [1.807, 2.05) is 6.07 Å². The fraction of sp³-hybridized carbons (Fsp3) is 0.0833. The molecule has 2 atom stereocenters.